The molecule has 0 spiro atoms. The van der Waals surface area contributed by atoms with Crippen molar-refractivity contribution in [2.45, 2.75) is 42.5 Å². The van der Waals surface area contributed by atoms with E-state index in [1.165, 1.54) is 29.2 Å². The number of hydrogen-bond donors (Lipinski definition) is 1. The molecule has 0 aliphatic carbocycles. The predicted octanol–water partition coefficient (Wildman–Crippen LogP) is 5.06. The second-order valence-electron chi connectivity index (χ2n) is 9.06. The van der Waals surface area contributed by atoms with Crippen LogP contribution in [0.3, 0.4) is 0 Å². The molecule has 3 rings (SSSR count). The molecule has 3 amide bonds. The molecule has 188 valence electrons. The Hall–Kier alpha value is -2.98. The second kappa shape index (κ2) is 10.7. The topological polar surface area (TPSA) is 68.8 Å². The Labute approximate surface area is 209 Å². The van der Waals surface area contributed by atoms with Gasteiger partial charge in [0.2, 0.25) is 0 Å². The van der Waals surface area contributed by atoms with E-state index in [-0.39, 0.29) is 12.5 Å². The van der Waals surface area contributed by atoms with Crippen LogP contribution in [0.5, 0.6) is 0 Å². The summed E-state index contributed by atoms with van der Waals surface area (Å²) in [5.74, 6) is 0.328. The zero-order valence-electron chi connectivity index (χ0n) is 20.4. The number of amides is 3. The largest absolute Gasteiger partial charge is 0.370 e. The highest BCUT2D eigenvalue weighted by Gasteiger charge is 2.51. The van der Waals surface area contributed by atoms with Crippen LogP contribution in [0, 0.1) is 0 Å². The second-order valence-corrected chi connectivity index (χ2v) is 10.3. The number of imide groups is 1. The summed E-state index contributed by atoms with van der Waals surface area (Å²) in [7, 11) is 4.04. The minimum absolute atomic E-state index is 0.225. The van der Waals surface area contributed by atoms with E-state index in [2.05, 4.69) is 21.8 Å². The monoisotopic (exact) mass is 503 g/mol. The zero-order chi connectivity index (χ0) is 25.8. The van der Waals surface area contributed by atoms with Crippen LogP contribution in [0.25, 0.3) is 0 Å². The third-order valence-electron chi connectivity index (χ3n) is 5.66. The molecule has 0 saturated carbocycles. The standard InChI is InChI=1S/C25H31F2N5O2S/c1-6-25(26,27)35-20-10-8-19(9-11-20)32-22(33)24(2,3)31(23(32)34)17-18-12-14-29-21(16-18)28-13-7-15-30(4)5/h6,8-12,14,16H,1,7,13,15,17H2,2-5H3,(H,28,29). The summed E-state index contributed by atoms with van der Waals surface area (Å²) in [5.41, 5.74) is 0.0903. The summed E-state index contributed by atoms with van der Waals surface area (Å²) < 4.78 is 27.2. The minimum Gasteiger partial charge on any atom is -0.370 e. The normalized spacial score (nSPS) is 15.7. The molecule has 10 heteroatoms. The number of nitrogens with zero attached hydrogens (tertiary/aromatic N) is 4. The summed E-state index contributed by atoms with van der Waals surface area (Å²) in [6.07, 6.45) is 3.21. The molecule has 1 aromatic heterocycles. The lowest BCUT2D eigenvalue weighted by Gasteiger charge is -2.27. The van der Waals surface area contributed by atoms with Crippen molar-refractivity contribution in [3.63, 3.8) is 0 Å². The Morgan fingerprint density at radius 1 is 1.20 bits per heavy atom. The lowest BCUT2D eigenvalue weighted by molar-refractivity contribution is -0.123. The summed E-state index contributed by atoms with van der Waals surface area (Å²) in [5, 5.41) is 0.179. The molecule has 1 aromatic carbocycles. The third-order valence-corrected chi connectivity index (χ3v) is 6.61. The summed E-state index contributed by atoms with van der Waals surface area (Å²) in [6.45, 7) is 8.48. The molecule has 0 unspecified atom stereocenters. The number of pyridine rings is 1. The molecular formula is C25H31F2N5O2S. The fourth-order valence-electron chi connectivity index (χ4n) is 3.65. The molecule has 0 radical (unpaired) electrons. The van der Waals surface area contributed by atoms with E-state index in [4.69, 9.17) is 0 Å². The van der Waals surface area contributed by atoms with Gasteiger partial charge in [0.05, 0.1) is 5.69 Å². The van der Waals surface area contributed by atoms with Crippen molar-refractivity contribution in [3.8, 4) is 0 Å². The Kier molecular flexibility index (Phi) is 8.17. The van der Waals surface area contributed by atoms with Gasteiger partial charge >= 0.3 is 11.3 Å². The van der Waals surface area contributed by atoms with Crippen molar-refractivity contribution < 1.29 is 18.4 Å². The first kappa shape index (κ1) is 26.6. The lowest BCUT2D eigenvalue weighted by atomic mass is 10.0. The van der Waals surface area contributed by atoms with Crippen molar-refractivity contribution in [2.75, 3.05) is 37.4 Å². The van der Waals surface area contributed by atoms with Gasteiger partial charge in [0.1, 0.15) is 11.4 Å². The van der Waals surface area contributed by atoms with Gasteiger partial charge in [0.25, 0.3) is 5.91 Å². The smallest absolute Gasteiger partial charge is 0.332 e. The maximum atomic E-state index is 13.6. The number of hydrogen-bond acceptors (Lipinski definition) is 6. The molecule has 1 fully saturated rings. The summed E-state index contributed by atoms with van der Waals surface area (Å²) in [6, 6.07) is 9.15. The molecule has 35 heavy (non-hydrogen) atoms. The van der Waals surface area contributed by atoms with Crippen molar-refractivity contribution in [3.05, 3.63) is 60.8 Å². The highest BCUT2D eigenvalue weighted by molar-refractivity contribution is 8.00. The number of carbonyl (C=O) groups is 2. The van der Waals surface area contributed by atoms with Crippen LogP contribution < -0.4 is 10.2 Å². The molecule has 1 aliphatic rings. The lowest BCUT2D eigenvalue weighted by Crippen LogP contribution is -2.43. The quantitative estimate of drug-likeness (QED) is 0.200. The van der Waals surface area contributed by atoms with Gasteiger partial charge in [-0.3, -0.25) is 4.79 Å². The van der Waals surface area contributed by atoms with E-state index < -0.39 is 16.8 Å². The predicted molar refractivity (Wildman–Crippen MR) is 136 cm³/mol. The number of urea groups is 1. The molecular weight excluding hydrogens is 472 g/mol. The van der Waals surface area contributed by atoms with Crippen LogP contribution in [0.15, 0.2) is 60.1 Å². The van der Waals surface area contributed by atoms with E-state index in [1.807, 2.05) is 26.2 Å². The average Bonchev–Trinajstić information content (AvgIpc) is 2.97. The third kappa shape index (κ3) is 6.37. The Morgan fingerprint density at radius 3 is 2.51 bits per heavy atom. The molecule has 0 bridgehead atoms. The Morgan fingerprint density at radius 2 is 1.89 bits per heavy atom. The number of alkyl halides is 2. The maximum Gasteiger partial charge on any atom is 0.332 e. The van der Waals surface area contributed by atoms with E-state index in [0.29, 0.717) is 34.2 Å². The van der Waals surface area contributed by atoms with Gasteiger partial charge in [0.15, 0.2) is 0 Å². The van der Waals surface area contributed by atoms with Crippen molar-refractivity contribution in [2.24, 2.45) is 0 Å². The number of thioether (sulfide) groups is 1. The maximum absolute atomic E-state index is 13.6. The number of rotatable bonds is 11. The SMILES string of the molecule is C=CC(F)(F)Sc1ccc(N2C(=O)N(Cc3ccnc(NCCCN(C)C)c3)C(C)(C)C2=O)cc1. The average molecular weight is 504 g/mol. The molecule has 1 N–H and O–H groups in total. The van der Waals surface area contributed by atoms with E-state index in [9.17, 15) is 18.4 Å². The number of nitrogens with one attached hydrogen (secondary N) is 1. The fourth-order valence-corrected chi connectivity index (χ4v) is 4.32. The van der Waals surface area contributed by atoms with Gasteiger partial charge < -0.3 is 15.1 Å². The van der Waals surface area contributed by atoms with E-state index in [0.717, 1.165) is 30.0 Å². The highest BCUT2D eigenvalue weighted by Crippen LogP contribution is 2.38. The highest BCUT2D eigenvalue weighted by atomic mass is 32.2. The summed E-state index contributed by atoms with van der Waals surface area (Å²) >= 11 is 0.346. The van der Waals surface area contributed by atoms with Crippen molar-refractivity contribution >= 4 is 35.2 Å². The van der Waals surface area contributed by atoms with E-state index in [1.54, 1.807) is 20.0 Å². The van der Waals surface area contributed by atoms with Crippen LogP contribution in [0.1, 0.15) is 25.8 Å². The van der Waals surface area contributed by atoms with Gasteiger partial charge in [-0.05, 0) is 101 Å². The Bertz CT molecular complexity index is 1080. The zero-order valence-corrected chi connectivity index (χ0v) is 21.2. The van der Waals surface area contributed by atoms with Crippen LogP contribution in [-0.2, 0) is 11.3 Å². The van der Waals surface area contributed by atoms with E-state index >= 15 is 0 Å². The number of aromatic nitrogens is 1. The van der Waals surface area contributed by atoms with Crippen molar-refractivity contribution in [1.82, 2.24) is 14.8 Å². The van der Waals surface area contributed by atoms with Gasteiger partial charge in [-0.15, -0.1) is 0 Å². The van der Waals surface area contributed by atoms with Gasteiger partial charge in [-0.1, -0.05) is 6.58 Å². The first-order valence-corrected chi connectivity index (χ1v) is 12.1. The summed E-state index contributed by atoms with van der Waals surface area (Å²) in [4.78, 5) is 35.9. The number of halogens is 2. The minimum atomic E-state index is -3.11. The molecule has 2 aromatic rings. The molecule has 1 saturated heterocycles. The number of anilines is 2. The fraction of sp³-hybridized carbons (Fsp3) is 0.400. The molecule has 0 atom stereocenters. The first-order chi connectivity index (χ1) is 16.4. The van der Waals surface area contributed by atoms with Crippen LogP contribution in [0.2, 0.25) is 0 Å². The molecule has 7 nitrogen and oxygen atoms in total. The number of carbonyl (C=O) groups excluding carboxylic acids is 2. The van der Waals surface area contributed by atoms with Gasteiger partial charge in [-0.2, -0.15) is 8.78 Å². The van der Waals surface area contributed by atoms with Crippen molar-refractivity contribution in [1.29, 1.82) is 0 Å². The first-order valence-electron chi connectivity index (χ1n) is 11.2. The van der Waals surface area contributed by atoms with Gasteiger partial charge in [-0.25, -0.2) is 14.7 Å². The Balaban J connectivity index is 1.73. The molecule has 1 aliphatic heterocycles. The van der Waals surface area contributed by atoms with Crippen LogP contribution >= 0.6 is 11.8 Å². The van der Waals surface area contributed by atoms with Gasteiger partial charge in [0, 0.05) is 24.2 Å². The number of benzene rings is 1. The molecule has 2 heterocycles. The van der Waals surface area contributed by atoms with Crippen LogP contribution in [0.4, 0.5) is 25.1 Å². The van der Waals surface area contributed by atoms with Crippen LogP contribution in [-0.4, -0.2) is 64.7 Å².